The molecule has 0 aromatic heterocycles. The predicted octanol–water partition coefficient (Wildman–Crippen LogP) is 2.79. The molecule has 0 aliphatic heterocycles. The number of benzene rings is 1. The van der Waals surface area contributed by atoms with E-state index in [0.29, 0.717) is 0 Å². The monoisotopic (exact) mass is 271 g/mol. The van der Waals surface area contributed by atoms with E-state index >= 15 is 0 Å². The maximum atomic E-state index is 9.29. The molecule has 15 heavy (non-hydrogen) atoms. The molecule has 0 aliphatic carbocycles. The number of aryl methyl sites for hydroxylation is 1. The van der Waals surface area contributed by atoms with E-state index in [4.69, 9.17) is 0 Å². The molecule has 0 heterocycles. The van der Waals surface area contributed by atoms with Gasteiger partial charge in [-0.25, -0.2) is 0 Å². The molecular formula is C12H18BrNO. The van der Waals surface area contributed by atoms with Crippen molar-refractivity contribution in [3.05, 3.63) is 33.8 Å². The number of aliphatic hydroxyl groups excluding tert-OH is 1. The fraction of sp³-hybridized carbons (Fsp3) is 0.500. The molecular weight excluding hydrogens is 254 g/mol. The van der Waals surface area contributed by atoms with Gasteiger partial charge in [0.05, 0.1) is 12.6 Å². The minimum atomic E-state index is 0.0434. The Morgan fingerprint density at radius 1 is 1.47 bits per heavy atom. The number of nitrogens with one attached hydrogen (secondary N) is 1. The quantitative estimate of drug-likeness (QED) is 0.863. The van der Waals surface area contributed by atoms with Crippen LogP contribution < -0.4 is 5.32 Å². The van der Waals surface area contributed by atoms with Gasteiger partial charge in [-0.1, -0.05) is 35.0 Å². The lowest BCUT2D eigenvalue weighted by molar-refractivity contribution is 0.245. The van der Waals surface area contributed by atoms with E-state index in [1.807, 2.05) is 0 Å². The lowest BCUT2D eigenvalue weighted by atomic mass is 10.1. The van der Waals surface area contributed by atoms with Crippen LogP contribution in [0.3, 0.4) is 0 Å². The summed E-state index contributed by atoms with van der Waals surface area (Å²) in [7, 11) is 0. The zero-order chi connectivity index (χ0) is 11.3. The Kier molecular flexibility index (Phi) is 5.29. The molecule has 2 N–H and O–H groups in total. The van der Waals surface area contributed by atoms with E-state index in [-0.39, 0.29) is 12.6 Å². The molecule has 0 spiro atoms. The second kappa shape index (κ2) is 6.26. The van der Waals surface area contributed by atoms with Crippen LogP contribution in [0, 0.1) is 6.92 Å². The van der Waals surface area contributed by atoms with Crippen molar-refractivity contribution < 1.29 is 5.11 Å². The summed E-state index contributed by atoms with van der Waals surface area (Å²) in [5.74, 6) is 0. The summed E-state index contributed by atoms with van der Waals surface area (Å²) in [6.45, 7) is 5.24. The molecule has 1 aromatic carbocycles. The van der Waals surface area contributed by atoms with Crippen molar-refractivity contribution >= 4 is 15.9 Å². The summed E-state index contributed by atoms with van der Waals surface area (Å²) < 4.78 is 1.09. The lowest BCUT2D eigenvalue weighted by Gasteiger charge is -2.17. The van der Waals surface area contributed by atoms with Crippen molar-refractivity contribution in [3.8, 4) is 0 Å². The van der Waals surface area contributed by atoms with Crippen LogP contribution in [0.1, 0.15) is 30.5 Å². The van der Waals surface area contributed by atoms with Crippen molar-refractivity contribution in [1.82, 2.24) is 5.32 Å². The standard InChI is InChI=1S/C12H18BrNO/c1-3-6-14-12(8-15)10-5-4-9(2)11(13)7-10/h4-5,7,12,14-15H,3,6,8H2,1-2H3. The van der Waals surface area contributed by atoms with E-state index in [0.717, 1.165) is 23.0 Å². The molecule has 0 saturated heterocycles. The van der Waals surface area contributed by atoms with E-state index in [2.05, 4.69) is 53.3 Å². The summed E-state index contributed by atoms with van der Waals surface area (Å²) in [5.41, 5.74) is 2.34. The Balaban J connectivity index is 2.78. The lowest BCUT2D eigenvalue weighted by Crippen LogP contribution is -2.25. The number of rotatable bonds is 5. The third-order valence-electron chi connectivity index (χ3n) is 2.42. The zero-order valence-electron chi connectivity index (χ0n) is 9.26. The highest BCUT2D eigenvalue weighted by Crippen LogP contribution is 2.21. The minimum absolute atomic E-state index is 0.0434. The summed E-state index contributed by atoms with van der Waals surface area (Å²) in [4.78, 5) is 0. The Morgan fingerprint density at radius 2 is 2.20 bits per heavy atom. The highest BCUT2D eigenvalue weighted by atomic mass is 79.9. The van der Waals surface area contributed by atoms with Crippen LogP contribution in [0.2, 0.25) is 0 Å². The molecule has 1 rings (SSSR count). The van der Waals surface area contributed by atoms with Gasteiger partial charge in [0.25, 0.3) is 0 Å². The van der Waals surface area contributed by atoms with Gasteiger partial charge in [0.15, 0.2) is 0 Å². The molecule has 0 aliphatic rings. The third-order valence-corrected chi connectivity index (χ3v) is 3.28. The van der Waals surface area contributed by atoms with Crippen LogP contribution in [-0.4, -0.2) is 18.3 Å². The van der Waals surface area contributed by atoms with Crippen molar-refractivity contribution in [2.45, 2.75) is 26.3 Å². The van der Waals surface area contributed by atoms with Crippen LogP contribution >= 0.6 is 15.9 Å². The maximum absolute atomic E-state index is 9.29. The molecule has 0 radical (unpaired) electrons. The summed E-state index contributed by atoms with van der Waals surface area (Å²) in [5, 5.41) is 12.6. The molecule has 0 fully saturated rings. The number of hydrogen-bond donors (Lipinski definition) is 2. The Hall–Kier alpha value is -0.380. The smallest absolute Gasteiger partial charge is 0.0626 e. The van der Waals surface area contributed by atoms with Gasteiger partial charge in [0.2, 0.25) is 0 Å². The topological polar surface area (TPSA) is 32.3 Å². The highest BCUT2D eigenvalue weighted by molar-refractivity contribution is 9.10. The molecule has 0 amide bonds. The second-order valence-electron chi connectivity index (χ2n) is 3.70. The first-order valence-corrected chi connectivity index (χ1v) is 6.08. The fourth-order valence-corrected chi connectivity index (χ4v) is 1.83. The van der Waals surface area contributed by atoms with Gasteiger partial charge in [0.1, 0.15) is 0 Å². The Bertz CT molecular complexity index is 314. The van der Waals surface area contributed by atoms with Crippen molar-refractivity contribution in [2.24, 2.45) is 0 Å². The van der Waals surface area contributed by atoms with Gasteiger partial charge in [-0.3, -0.25) is 0 Å². The number of hydrogen-bond acceptors (Lipinski definition) is 2. The van der Waals surface area contributed by atoms with Crippen LogP contribution in [0.15, 0.2) is 22.7 Å². The van der Waals surface area contributed by atoms with Crippen LogP contribution in [-0.2, 0) is 0 Å². The normalized spacial score (nSPS) is 12.8. The van der Waals surface area contributed by atoms with Crippen molar-refractivity contribution in [2.75, 3.05) is 13.2 Å². The number of aliphatic hydroxyl groups is 1. The fourth-order valence-electron chi connectivity index (χ4n) is 1.43. The molecule has 0 saturated carbocycles. The van der Waals surface area contributed by atoms with Crippen molar-refractivity contribution in [3.63, 3.8) is 0 Å². The van der Waals surface area contributed by atoms with Crippen LogP contribution in [0.5, 0.6) is 0 Å². The van der Waals surface area contributed by atoms with Gasteiger partial charge >= 0.3 is 0 Å². The maximum Gasteiger partial charge on any atom is 0.0626 e. The molecule has 1 atom stereocenters. The van der Waals surface area contributed by atoms with Gasteiger partial charge in [-0.15, -0.1) is 0 Å². The van der Waals surface area contributed by atoms with Crippen LogP contribution in [0.4, 0.5) is 0 Å². The first-order valence-electron chi connectivity index (χ1n) is 5.29. The average molecular weight is 272 g/mol. The minimum Gasteiger partial charge on any atom is -0.394 e. The molecule has 0 bridgehead atoms. The molecule has 2 nitrogen and oxygen atoms in total. The van der Waals surface area contributed by atoms with Gasteiger partial charge in [0, 0.05) is 4.47 Å². The summed E-state index contributed by atoms with van der Waals surface area (Å²) in [6.07, 6.45) is 1.07. The zero-order valence-corrected chi connectivity index (χ0v) is 10.8. The van der Waals surface area contributed by atoms with Crippen LogP contribution in [0.25, 0.3) is 0 Å². The highest BCUT2D eigenvalue weighted by Gasteiger charge is 2.09. The van der Waals surface area contributed by atoms with Gasteiger partial charge in [-0.2, -0.15) is 0 Å². The number of halogens is 1. The van der Waals surface area contributed by atoms with Gasteiger partial charge in [-0.05, 0) is 37.1 Å². The SMILES string of the molecule is CCCNC(CO)c1ccc(C)c(Br)c1. The predicted molar refractivity (Wildman–Crippen MR) is 67.0 cm³/mol. The largest absolute Gasteiger partial charge is 0.394 e. The first-order chi connectivity index (χ1) is 7.19. The van der Waals surface area contributed by atoms with E-state index in [1.165, 1.54) is 5.56 Å². The summed E-state index contributed by atoms with van der Waals surface area (Å²) in [6, 6.07) is 6.24. The van der Waals surface area contributed by atoms with E-state index in [9.17, 15) is 5.11 Å². The van der Waals surface area contributed by atoms with E-state index < -0.39 is 0 Å². The molecule has 1 unspecified atom stereocenters. The third kappa shape index (κ3) is 3.59. The van der Waals surface area contributed by atoms with Gasteiger partial charge < -0.3 is 10.4 Å². The Morgan fingerprint density at radius 3 is 2.73 bits per heavy atom. The average Bonchev–Trinajstić information content (AvgIpc) is 2.24. The first kappa shape index (κ1) is 12.7. The van der Waals surface area contributed by atoms with E-state index in [1.54, 1.807) is 0 Å². The molecule has 3 heteroatoms. The molecule has 84 valence electrons. The Labute approximate surface area is 99.8 Å². The van der Waals surface area contributed by atoms with Crippen molar-refractivity contribution in [1.29, 1.82) is 0 Å². The second-order valence-corrected chi connectivity index (χ2v) is 4.55. The molecule has 1 aromatic rings. The summed E-state index contributed by atoms with van der Waals surface area (Å²) >= 11 is 3.50.